The van der Waals surface area contributed by atoms with Gasteiger partial charge in [0, 0.05) is 0 Å². The second-order valence-electron chi connectivity index (χ2n) is 2.87. The van der Waals surface area contributed by atoms with Crippen molar-refractivity contribution >= 4 is 0 Å². The molecule has 0 aromatic heterocycles. The average molecular weight is 156 g/mol. The Morgan fingerprint density at radius 3 is 2.91 bits per heavy atom. The van der Waals surface area contributed by atoms with Gasteiger partial charge in [0.25, 0.3) is 0 Å². The van der Waals surface area contributed by atoms with Gasteiger partial charge >= 0.3 is 0 Å². The van der Waals surface area contributed by atoms with Gasteiger partial charge in [0.1, 0.15) is 0 Å². The molecule has 0 bridgehead atoms. The molecule has 0 aromatic rings. The quantitative estimate of drug-likeness (QED) is 0.582. The first-order valence-electron chi connectivity index (χ1n) is 4.26. The van der Waals surface area contributed by atoms with Crippen molar-refractivity contribution < 1.29 is 9.47 Å². The molecule has 0 radical (unpaired) electrons. The van der Waals surface area contributed by atoms with Gasteiger partial charge in [0.05, 0.1) is 12.7 Å². The number of unbranched alkanes of at least 4 members (excludes halogenated alkanes) is 1. The van der Waals surface area contributed by atoms with Crippen LogP contribution in [0.2, 0.25) is 0 Å². The second kappa shape index (κ2) is 4.52. The maximum absolute atomic E-state index is 5.40. The Hall–Kier alpha value is -0.340. The molecular formula is C9H16O2. The largest absolute Gasteiger partial charge is 0.346 e. The van der Waals surface area contributed by atoms with Crippen LogP contribution in [0.25, 0.3) is 0 Å². The predicted octanol–water partition coefficient (Wildman–Crippen LogP) is 2.10. The van der Waals surface area contributed by atoms with Crippen molar-refractivity contribution in [2.45, 2.75) is 39.1 Å². The number of ether oxygens (including phenoxy) is 2. The van der Waals surface area contributed by atoms with Crippen LogP contribution in [0.1, 0.15) is 26.7 Å². The van der Waals surface area contributed by atoms with Crippen LogP contribution >= 0.6 is 0 Å². The summed E-state index contributed by atoms with van der Waals surface area (Å²) < 4.78 is 10.7. The lowest BCUT2D eigenvalue weighted by Gasteiger charge is -2.02. The molecule has 0 N–H and O–H groups in total. The molecule has 0 aliphatic carbocycles. The zero-order valence-electron chi connectivity index (χ0n) is 7.25. The second-order valence-corrected chi connectivity index (χ2v) is 2.87. The van der Waals surface area contributed by atoms with E-state index in [0.29, 0.717) is 0 Å². The Bertz CT molecular complexity index is 132. The van der Waals surface area contributed by atoms with Crippen molar-refractivity contribution in [2.24, 2.45) is 0 Å². The molecule has 2 atom stereocenters. The number of rotatable bonds is 3. The van der Waals surface area contributed by atoms with Crippen LogP contribution in [0.3, 0.4) is 0 Å². The molecule has 2 nitrogen and oxygen atoms in total. The van der Waals surface area contributed by atoms with Gasteiger partial charge in [0.15, 0.2) is 6.29 Å². The topological polar surface area (TPSA) is 18.5 Å². The summed E-state index contributed by atoms with van der Waals surface area (Å²) in [6.07, 6.45) is 6.56. The van der Waals surface area contributed by atoms with Crippen molar-refractivity contribution in [1.82, 2.24) is 0 Å². The molecule has 0 amide bonds. The molecule has 1 aliphatic rings. The Balaban J connectivity index is 2.17. The zero-order chi connectivity index (χ0) is 8.10. The first-order valence-corrected chi connectivity index (χ1v) is 4.26. The molecule has 0 unspecified atom stereocenters. The van der Waals surface area contributed by atoms with E-state index in [1.54, 1.807) is 0 Å². The van der Waals surface area contributed by atoms with E-state index in [9.17, 15) is 0 Å². The number of hydrogen-bond donors (Lipinski definition) is 0. The van der Waals surface area contributed by atoms with E-state index in [0.717, 1.165) is 13.0 Å². The smallest absolute Gasteiger partial charge is 0.177 e. The predicted molar refractivity (Wildman–Crippen MR) is 44.3 cm³/mol. The molecule has 64 valence electrons. The Kier molecular flexibility index (Phi) is 3.60. The molecule has 11 heavy (non-hydrogen) atoms. The van der Waals surface area contributed by atoms with E-state index in [2.05, 4.69) is 13.0 Å². The van der Waals surface area contributed by atoms with Crippen LogP contribution in [0, 0.1) is 0 Å². The summed E-state index contributed by atoms with van der Waals surface area (Å²) in [6.45, 7) is 4.90. The Morgan fingerprint density at radius 2 is 2.36 bits per heavy atom. The van der Waals surface area contributed by atoms with E-state index in [-0.39, 0.29) is 12.4 Å². The highest BCUT2D eigenvalue weighted by molar-refractivity contribution is 4.87. The van der Waals surface area contributed by atoms with E-state index < -0.39 is 0 Å². The minimum absolute atomic E-state index is 0.0865. The summed E-state index contributed by atoms with van der Waals surface area (Å²) in [4.78, 5) is 0. The van der Waals surface area contributed by atoms with Crippen LogP contribution in [0.4, 0.5) is 0 Å². The Morgan fingerprint density at radius 1 is 1.55 bits per heavy atom. The third kappa shape index (κ3) is 3.04. The van der Waals surface area contributed by atoms with Gasteiger partial charge in [-0.2, -0.15) is 0 Å². The molecular weight excluding hydrogens is 140 g/mol. The van der Waals surface area contributed by atoms with Crippen molar-refractivity contribution in [3.8, 4) is 0 Å². The average Bonchev–Trinajstić information content (AvgIpc) is 2.37. The molecule has 2 heteroatoms. The van der Waals surface area contributed by atoms with E-state index in [1.165, 1.54) is 6.42 Å². The molecule has 1 fully saturated rings. The lowest BCUT2D eigenvalue weighted by molar-refractivity contribution is -0.0162. The van der Waals surface area contributed by atoms with Crippen LogP contribution in [0.5, 0.6) is 0 Å². The zero-order valence-corrected chi connectivity index (χ0v) is 7.25. The van der Waals surface area contributed by atoms with E-state index in [4.69, 9.17) is 9.47 Å². The van der Waals surface area contributed by atoms with Gasteiger partial charge in [-0.3, -0.25) is 0 Å². The van der Waals surface area contributed by atoms with Gasteiger partial charge < -0.3 is 9.47 Å². The van der Waals surface area contributed by atoms with Crippen molar-refractivity contribution in [2.75, 3.05) is 6.61 Å². The third-order valence-corrected chi connectivity index (χ3v) is 1.61. The molecule has 1 heterocycles. The molecule has 0 spiro atoms. The highest BCUT2D eigenvalue weighted by atomic mass is 16.7. The van der Waals surface area contributed by atoms with Gasteiger partial charge in [-0.1, -0.05) is 19.4 Å². The fourth-order valence-electron chi connectivity index (χ4n) is 1.01. The molecule has 0 saturated carbocycles. The van der Waals surface area contributed by atoms with Crippen molar-refractivity contribution in [3.63, 3.8) is 0 Å². The molecule has 0 aromatic carbocycles. The summed E-state index contributed by atoms with van der Waals surface area (Å²) in [7, 11) is 0. The summed E-state index contributed by atoms with van der Waals surface area (Å²) in [5.41, 5.74) is 0. The maximum Gasteiger partial charge on any atom is 0.177 e. The number of allylic oxidation sites excluding steroid dienone is 1. The fraction of sp³-hybridized carbons (Fsp3) is 0.778. The van der Waals surface area contributed by atoms with E-state index >= 15 is 0 Å². The lowest BCUT2D eigenvalue weighted by atomic mass is 10.3. The van der Waals surface area contributed by atoms with Crippen LogP contribution in [-0.2, 0) is 9.47 Å². The van der Waals surface area contributed by atoms with Crippen molar-refractivity contribution in [3.05, 3.63) is 12.2 Å². The van der Waals surface area contributed by atoms with Gasteiger partial charge in [0.2, 0.25) is 0 Å². The first kappa shape index (κ1) is 8.75. The molecule has 1 saturated heterocycles. The van der Waals surface area contributed by atoms with Crippen LogP contribution in [-0.4, -0.2) is 19.0 Å². The monoisotopic (exact) mass is 156 g/mol. The van der Waals surface area contributed by atoms with E-state index in [1.807, 2.05) is 13.0 Å². The Labute approximate surface area is 68.2 Å². The van der Waals surface area contributed by atoms with Crippen LogP contribution < -0.4 is 0 Å². The lowest BCUT2D eigenvalue weighted by Crippen LogP contribution is -2.05. The van der Waals surface area contributed by atoms with Gasteiger partial charge in [-0.05, 0) is 19.4 Å². The van der Waals surface area contributed by atoms with Gasteiger partial charge in [-0.25, -0.2) is 0 Å². The standard InChI is InChI=1S/C9H16O2/c1-3-4-5-6-9-10-7-8(2)11-9/h5-6,8-9H,3-4,7H2,1-2H3/b6-5+/t8-,9-/m0/s1. The minimum Gasteiger partial charge on any atom is -0.346 e. The molecule has 1 rings (SSSR count). The molecule has 1 aliphatic heterocycles. The number of hydrogen-bond acceptors (Lipinski definition) is 2. The summed E-state index contributed by atoms with van der Waals surface area (Å²) in [5, 5.41) is 0. The summed E-state index contributed by atoms with van der Waals surface area (Å²) in [6, 6.07) is 0. The van der Waals surface area contributed by atoms with Gasteiger partial charge in [-0.15, -0.1) is 0 Å². The summed E-state index contributed by atoms with van der Waals surface area (Å²) >= 11 is 0. The SMILES string of the molecule is CCC/C=C/[C@H]1OC[C@H](C)O1. The third-order valence-electron chi connectivity index (χ3n) is 1.61. The fourth-order valence-corrected chi connectivity index (χ4v) is 1.01. The maximum atomic E-state index is 5.40. The van der Waals surface area contributed by atoms with Crippen LogP contribution in [0.15, 0.2) is 12.2 Å². The highest BCUT2D eigenvalue weighted by Crippen LogP contribution is 2.11. The minimum atomic E-state index is -0.0865. The normalized spacial score (nSPS) is 31.8. The summed E-state index contributed by atoms with van der Waals surface area (Å²) in [5.74, 6) is 0. The van der Waals surface area contributed by atoms with Crippen molar-refractivity contribution in [1.29, 1.82) is 0 Å². The first-order chi connectivity index (χ1) is 5.33. The highest BCUT2D eigenvalue weighted by Gasteiger charge is 2.18.